The fourth-order valence-corrected chi connectivity index (χ4v) is 4.18. The van der Waals surface area contributed by atoms with E-state index in [0.717, 1.165) is 36.0 Å². The monoisotopic (exact) mass is 415 g/mol. The van der Waals surface area contributed by atoms with E-state index in [-0.39, 0.29) is 17.9 Å². The van der Waals surface area contributed by atoms with E-state index in [1.807, 2.05) is 59.5 Å². The Morgan fingerprint density at radius 2 is 1.45 bits per heavy atom. The molecule has 1 aliphatic carbocycles. The molecule has 1 saturated carbocycles. The highest BCUT2D eigenvalue weighted by Crippen LogP contribution is 2.37. The molecule has 3 aromatic rings. The van der Waals surface area contributed by atoms with E-state index in [4.69, 9.17) is 9.47 Å². The van der Waals surface area contributed by atoms with Gasteiger partial charge < -0.3 is 14.4 Å². The molecule has 0 saturated heterocycles. The topological polar surface area (TPSA) is 38.8 Å². The molecule has 0 unspecified atom stereocenters. The lowest BCUT2D eigenvalue weighted by atomic mass is 9.83. The highest BCUT2D eigenvalue weighted by Gasteiger charge is 2.34. The maximum Gasteiger partial charge on any atom is 0.226 e. The fourth-order valence-electron chi connectivity index (χ4n) is 4.18. The summed E-state index contributed by atoms with van der Waals surface area (Å²) in [5, 5.41) is 0. The zero-order valence-corrected chi connectivity index (χ0v) is 18.2. The van der Waals surface area contributed by atoms with Gasteiger partial charge in [-0.25, -0.2) is 0 Å². The molecule has 4 heteroatoms. The molecule has 0 atom stereocenters. The summed E-state index contributed by atoms with van der Waals surface area (Å²) >= 11 is 0. The Hall–Kier alpha value is -3.27. The third kappa shape index (κ3) is 4.58. The minimum Gasteiger partial charge on any atom is -0.493 e. The molecular weight excluding hydrogens is 386 g/mol. The summed E-state index contributed by atoms with van der Waals surface area (Å²) in [6.07, 6.45) is 3.07. The molecular formula is C27H29NO3. The predicted octanol–water partition coefficient (Wildman–Crippen LogP) is 5.62. The van der Waals surface area contributed by atoms with Gasteiger partial charge in [-0.15, -0.1) is 0 Å². The second-order valence-electron chi connectivity index (χ2n) is 8.01. The van der Waals surface area contributed by atoms with E-state index in [0.29, 0.717) is 18.0 Å². The van der Waals surface area contributed by atoms with Gasteiger partial charge in [0.1, 0.15) is 0 Å². The van der Waals surface area contributed by atoms with E-state index in [2.05, 4.69) is 24.3 Å². The number of carbonyl (C=O) groups excluding carboxylic acids is 1. The number of amides is 1. The van der Waals surface area contributed by atoms with Crippen molar-refractivity contribution in [1.29, 1.82) is 0 Å². The average molecular weight is 416 g/mol. The van der Waals surface area contributed by atoms with Crippen LogP contribution in [-0.4, -0.2) is 25.0 Å². The molecule has 4 rings (SSSR count). The number of methoxy groups -OCH3 is 2. The summed E-state index contributed by atoms with van der Waals surface area (Å²) in [5.74, 6) is 1.69. The third-order valence-electron chi connectivity index (χ3n) is 6.08. The molecule has 4 nitrogen and oxygen atoms in total. The molecule has 1 aliphatic rings. The van der Waals surface area contributed by atoms with Gasteiger partial charge in [0, 0.05) is 12.5 Å². The van der Waals surface area contributed by atoms with Crippen molar-refractivity contribution in [2.45, 2.75) is 31.8 Å². The largest absolute Gasteiger partial charge is 0.493 e. The van der Waals surface area contributed by atoms with Gasteiger partial charge in [0.25, 0.3) is 0 Å². The zero-order valence-electron chi connectivity index (χ0n) is 18.2. The second kappa shape index (κ2) is 9.69. The van der Waals surface area contributed by atoms with Gasteiger partial charge in [-0.3, -0.25) is 4.79 Å². The highest BCUT2D eigenvalue weighted by molar-refractivity contribution is 5.80. The Bertz CT molecular complexity index is 960. The highest BCUT2D eigenvalue weighted by atomic mass is 16.5. The normalized spacial score (nSPS) is 13.5. The average Bonchev–Trinajstić information content (AvgIpc) is 2.78. The van der Waals surface area contributed by atoms with Gasteiger partial charge in [0.2, 0.25) is 5.91 Å². The van der Waals surface area contributed by atoms with Crippen LogP contribution in [0.1, 0.15) is 42.0 Å². The van der Waals surface area contributed by atoms with E-state index in [9.17, 15) is 4.79 Å². The number of nitrogens with zero attached hydrogens (tertiary/aromatic N) is 1. The number of carbonyl (C=O) groups is 1. The number of hydrogen-bond donors (Lipinski definition) is 0. The SMILES string of the molecule is COc1ccc(CN(C(=O)C2CCC2)C(c2ccccc2)c2ccccc2)cc1OC. The summed E-state index contributed by atoms with van der Waals surface area (Å²) < 4.78 is 10.9. The number of ether oxygens (including phenoxy) is 2. The van der Waals surface area contributed by atoms with Crippen molar-refractivity contribution >= 4 is 5.91 Å². The Kier molecular flexibility index (Phi) is 6.56. The van der Waals surface area contributed by atoms with E-state index < -0.39 is 0 Å². The van der Waals surface area contributed by atoms with Gasteiger partial charge in [-0.05, 0) is 41.7 Å². The van der Waals surface area contributed by atoms with Crippen molar-refractivity contribution < 1.29 is 14.3 Å². The number of hydrogen-bond acceptors (Lipinski definition) is 3. The van der Waals surface area contributed by atoms with Gasteiger partial charge in [-0.1, -0.05) is 73.2 Å². The number of benzene rings is 3. The van der Waals surface area contributed by atoms with E-state index in [1.54, 1.807) is 14.2 Å². The minimum atomic E-state index is -0.149. The summed E-state index contributed by atoms with van der Waals surface area (Å²) in [5.41, 5.74) is 3.24. The molecule has 0 spiro atoms. The Labute approximate surface area is 184 Å². The van der Waals surface area contributed by atoms with Gasteiger partial charge >= 0.3 is 0 Å². The Morgan fingerprint density at radius 1 is 0.871 bits per heavy atom. The maximum atomic E-state index is 13.7. The van der Waals surface area contributed by atoms with Crippen molar-refractivity contribution in [3.05, 3.63) is 95.6 Å². The van der Waals surface area contributed by atoms with Gasteiger partial charge in [0.15, 0.2) is 11.5 Å². The van der Waals surface area contributed by atoms with Crippen molar-refractivity contribution in [1.82, 2.24) is 4.90 Å². The molecule has 3 aromatic carbocycles. The second-order valence-corrected chi connectivity index (χ2v) is 8.01. The summed E-state index contributed by atoms with van der Waals surface area (Å²) in [7, 11) is 3.26. The molecule has 1 fully saturated rings. The Balaban J connectivity index is 1.76. The maximum absolute atomic E-state index is 13.7. The standard InChI is InChI=1S/C27H29NO3/c1-30-24-17-16-20(18-25(24)31-2)19-28(27(29)23-14-9-15-23)26(21-10-5-3-6-11-21)22-12-7-4-8-13-22/h3-8,10-13,16-18,23,26H,9,14-15,19H2,1-2H3. The van der Waals surface area contributed by atoms with Crippen LogP contribution in [0.3, 0.4) is 0 Å². The molecule has 0 radical (unpaired) electrons. The minimum absolute atomic E-state index is 0.107. The van der Waals surface area contributed by atoms with Crippen LogP contribution < -0.4 is 9.47 Å². The molecule has 0 heterocycles. The first-order valence-corrected chi connectivity index (χ1v) is 10.8. The fraction of sp³-hybridized carbons (Fsp3) is 0.296. The summed E-state index contributed by atoms with van der Waals surface area (Å²) in [6.45, 7) is 0.504. The molecule has 160 valence electrons. The summed E-state index contributed by atoms with van der Waals surface area (Å²) in [6, 6.07) is 26.3. The first-order valence-electron chi connectivity index (χ1n) is 10.8. The predicted molar refractivity (Wildman–Crippen MR) is 122 cm³/mol. The van der Waals surface area contributed by atoms with Crippen LogP contribution in [0.15, 0.2) is 78.9 Å². The summed E-state index contributed by atoms with van der Waals surface area (Å²) in [4.78, 5) is 15.7. The first-order chi connectivity index (χ1) is 15.2. The van der Waals surface area contributed by atoms with E-state index in [1.165, 1.54) is 0 Å². The van der Waals surface area contributed by atoms with Crippen LogP contribution in [0, 0.1) is 5.92 Å². The van der Waals surface area contributed by atoms with E-state index >= 15 is 0 Å². The van der Waals surface area contributed by atoms with Crippen molar-refractivity contribution in [2.24, 2.45) is 5.92 Å². The van der Waals surface area contributed by atoms with Crippen LogP contribution in [0.2, 0.25) is 0 Å². The molecule has 0 aromatic heterocycles. The molecule has 0 N–H and O–H groups in total. The molecule has 1 amide bonds. The third-order valence-corrected chi connectivity index (χ3v) is 6.08. The van der Waals surface area contributed by atoms with Crippen molar-refractivity contribution in [3.63, 3.8) is 0 Å². The lowest BCUT2D eigenvalue weighted by Gasteiger charge is -2.38. The van der Waals surface area contributed by atoms with Crippen LogP contribution in [0.4, 0.5) is 0 Å². The van der Waals surface area contributed by atoms with Crippen LogP contribution in [-0.2, 0) is 11.3 Å². The zero-order chi connectivity index (χ0) is 21.6. The first kappa shape index (κ1) is 21.0. The van der Waals surface area contributed by atoms with Crippen molar-refractivity contribution in [3.8, 4) is 11.5 Å². The molecule has 0 bridgehead atoms. The smallest absolute Gasteiger partial charge is 0.226 e. The van der Waals surface area contributed by atoms with Gasteiger partial charge in [0.05, 0.1) is 20.3 Å². The van der Waals surface area contributed by atoms with Crippen LogP contribution in [0.5, 0.6) is 11.5 Å². The molecule has 31 heavy (non-hydrogen) atoms. The lowest BCUT2D eigenvalue weighted by Crippen LogP contribution is -2.41. The van der Waals surface area contributed by atoms with Crippen LogP contribution >= 0.6 is 0 Å². The van der Waals surface area contributed by atoms with Crippen LogP contribution in [0.25, 0.3) is 0 Å². The lowest BCUT2D eigenvalue weighted by molar-refractivity contribution is -0.140. The Morgan fingerprint density at radius 3 is 1.94 bits per heavy atom. The van der Waals surface area contributed by atoms with Crippen molar-refractivity contribution in [2.75, 3.05) is 14.2 Å². The van der Waals surface area contributed by atoms with Gasteiger partial charge in [-0.2, -0.15) is 0 Å². The number of rotatable bonds is 8. The quantitative estimate of drug-likeness (QED) is 0.479. The molecule has 0 aliphatic heterocycles.